The molecule has 1 heterocycles. The normalized spacial score (nSPS) is 16.2. The number of methoxy groups -OCH3 is 1. The highest BCUT2D eigenvalue weighted by Crippen LogP contribution is 2.18. The molecule has 1 aromatic rings. The minimum atomic E-state index is -0.361. The number of esters is 1. The second kappa shape index (κ2) is 5.73. The van der Waals surface area contributed by atoms with E-state index in [-0.39, 0.29) is 11.9 Å². The predicted molar refractivity (Wildman–Crippen MR) is 72.2 cm³/mol. The highest BCUT2D eigenvalue weighted by molar-refractivity contribution is 5.91. The summed E-state index contributed by atoms with van der Waals surface area (Å²) in [6, 6.07) is 7.19. The van der Waals surface area contributed by atoms with Gasteiger partial charge < -0.3 is 14.5 Å². The fourth-order valence-corrected chi connectivity index (χ4v) is 2.15. The number of anilines is 1. The van der Waals surface area contributed by atoms with Gasteiger partial charge in [-0.25, -0.2) is 4.79 Å². The molecule has 2 rings (SSSR count). The van der Waals surface area contributed by atoms with Crippen molar-refractivity contribution in [2.45, 2.75) is 6.42 Å². The van der Waals surface area contributed by atoms with Gasteiger partial charge in [0.15, 0.2) is 0 Å². The molecular weight excluding hydrogens is 244 g/mol. The first-order chi connectivity index (χ1) is 9.11. The lowest BCUT2D eigenvalue weighted by atomic mass is 10.2. The van der Waals surface area contributed by atoms with Crippen molar-refractivity contribution in [1.29, 1.82) is 0 Å². The Bertz CT molecular complexity index is 487. The van der Waals surface area contributed by atoms with Crippen molar-refractivity contribution in [3.63, 3.8) is 0 Å². The lowest BCUT2D eigenvalue weighted by Gasteiger charge is -2.22. The van der Waals surface area contributed by atoms with Crippen molar-refractivity contribution in [2.75, 3.05) is 38.7 Å². The summed E-state index contributed by atoms with van der Waals surface area (Å²) < 4.78 is 4.71. The summed E-state index contributed by atoms with van der Waals surface area (Å²) in [5.41, 5.74) is 1.39. The molecule has 0 radical (unpaired) electrons. The molecule has 1 amide bonds. The maximum Gasteiger partial charge on any atom is 0.337 e. The van der Waals surface area contributed by atoms with Gasteiger partial charge in [0.1, 0.15) is 0 Å². The molecule has 5 nitrogen and oxygen atoms in total. The Labute approximate surface area is 112 Å². The standard InChI is InChI=1S/C14H18N2O3/c1-15-7-4-8-16(10-13(15)17)12-6-3-5-11(9-12)14(18)19-2/h3,5-6,9H,4,7-8,10H2,1-2H3. The van der Waals surface area contributed by atoms with Gasteiger partial charge in [-0.1, -0.05) is 6.07 Å². The fraction of sp³-hybridized carbons (Fsp3) is 0.429. The molecule has 1 fully saturated rings. The first-order valence-electron chi connectivity index (χ1n) is 6.29. The Morgan fingerprint density at radius 3 is 2.84 bits per heavy atom. The molecule has 1 aliphatic rings. The molecule has 19 heavy (non-hydrogen) atoms. The fourth-order valence-electron chi connectivity index (χ4n) is 2.15. The van der Waals surface area contributed by atoms with E-state index in [4.69, 9.17) is 4.74 Å². The third kappa shape index (κ3) is 3.05. The monoisotopic (exact) mass is 262 g/mol. The zero-order chi connectivity index (χ0) is 13.8. The maximum absolute atomic E-state index is 11.9. The van der Waals surface area contributed by atoms with E-state index in [2.05, 4.69) is 0 Å². The van der Waals surface area contributed by atoms with Crippen LogP contribution < -0.4 is 4.90 Å². The lowest BCUT2D eigenvalue weighted by molar-refractivity contribution is -0.127. The van der Waals surface area contributed by atoms with Crippen LogP contribution in [0.15, 0.2) is 24.3 Å². The average molecular weight is 262 g/mol. The van der Waals surface area contributed by atoms with Crippen LogP contribution in [-0.2, 0) is 9.53 Å². The predicted octanol–water partition coefficient (Wildman–Crippen LogP) is 1.14. The molecule has 1 aliphatic heterocycles. The van der Waals surface area contributed by atoms with Crippen molar-refractivity contribution in [1.82, 2.24) is 4.90 Å². The Kier molecular flexibility index (Phi) is 4.04. The van der Waals surface area contributed by atoms with Crippen LogP contribution in [0.1, 0.15) is 16.8 Å². The Morgan fingerprint density at radius 1 is 1.32 bits per heavy atom. The van der Waals surface area contributed by atoms with Gasteiger partial charge in [0.05, 0.1) is 19.2 Å². The Hall–Kier alpha value is -2.04. The minimum absolute atomic E-state index is 0.0981. The van der Waals surface area contributed by atoms with Crippen molar-refractivity contribution in [2.24, 2.45) is 0 Å². The molecule has 0 aliphatic carbocycles. The van der Waals surface area contributed by atoms with Crippen LogP contribution in [0.25, 0.3) is 0 Å². The van der Waals surface area contributed by atoms with E-state index in [1.165, 1.54) is 7.11 Å². The number of likely N-dealkylation sites (N-methyl/N-ethyl adjacent to an activating group) is 1. The number of nitrogens with zero attached hydrogens (tertiary/aromatic N) is 2. The molecule has 0 saturated carbocycles. The zero-order valence-corrected chi connectivity index (χ0v) is 11.3. The van der Waals surface area contributed by atoms with E-state index < -0.39 is 0 Å². The van der Waals surface area contributed by atoms with E-state index in [1.807, 2.05) is 18.0 Å². The molecule has 1 aromatic carbocycles. The van der Waals surface area contributed by atoms with Gasteiger partial charge in [-0.15, -0.1) is 0 Å². The van der Waals surface area contributed by atoms with Crippen molar-refractivity contribution in [3.8, 4) is 0 Å². The molecule has 0 atom stereocenters. The second-order valence-electron chi connectivity index (χ2n) is 4.63. The third-order valence-electron chi connectivity index (χ3n) is 3.31. The summed E-state index contributed by atoms with van der Waals surface area (Å²) in [6.07, 6.45) is 0.921. The Morgan fingerprint density at radius 2 is 2.11 bits per heavy atom. The van der Waals surface area contributed by atoms with Crippen molar-refractivity contribution in [3.05, 3.63) is 29.8 Å². The van der Waals surface area contributed by atoms with Crippen LogP contribution in [0, 0.1) is 0 Å². The SMILES string of the molecule is COC(=O)c1cccc(N2CCCN(C)C(=O)C2)c1. The highest BCUT2D eigenvalue weighted by Gasteiger charge is 2.19. The van der Waals surface area contributed by atoms with Gasteiger partial charge in [-0.2, -0.15) is 0 Å². The molecule has 0 aromatic heterocycles. The van der Waals surface area contributed by atoms with Crippen LogP contribution in [0.2, 0.25) is 0 Å². The van der Waals surface area contributed by atoms with Crippen LogP contribution >= 0.6 is 0 Å². The van der Waals surface area contributed by atoms with Crippen LogP contribution in [-0.4, -0.2) is 50.6 Å². The number of amides is 1. The van der Waals surface area contributed by atoms with E-state index in [1.54, 1.807) is 23.1 Å². The van der Waals surface area contributed by atoms with E-state index in [9.17, 15) is 9.59 Å². The van der Waals surface area contributed by atoms with Gasteiger partial charge in [-0.05, 0) is 24.6 Å². The maximum atomic E-state index is 11.9. The smallest absolute Gasteiger partial charge is 0.337 e. The number of ether oxygens (including phenoxy) is 1. The molecular formula is C14H18N2O3. The van der Waals surface area contributed by atoms with E-state index in [0.29, 0.717) is 12.1 Å². The van der Waals surface area contributed by atoms with E-state index in [0.717, 1.165) is 25.2 Å². The van der Waals surface area contributed by atoms with E-state index >= 15 is 0 Å². The number of benzene rings is 1. The number of rotatable bonds is 2. The van der Waals surface area contributed by atoms with Crippen LogP contribution in [0.5, 0.6) is 0 Å². The highest BCUT2D eigenvalue weighted by atomic mass is 16.5. The van der Waals surface area contributed by atoms with Gasteiger partial charge in [0, 0.05) is 25.8 Å². The van der Waals surface area contributed by atoms with Crippen LogP contribution in [0.4, 0.5) is 5.69 Å². The summed E-state index contributed by atoms with van der Waals surface area (Å²) in [7, 11) is 3.18. The summed E-state index contributed by atoms with van der Waals surface area (Å²) >= 11 is 0. The lowest BCUT2D eigenvalue weighted by Crippen LogP contribution is -2.34. The number of carbonyl (C=O) groups excluding carboxylic acids is 2. The van der Waals surface area contributed by atoms with Gasteiger partial charge in [-0.3, -0.25) is 4.79 Å². The summed E-state index contributed by atoms with van der Waals surface area (Å²) in [4.78, 5) is 27.1. The number of carbonyl (C=O) groups is 2. The molecule has 0 unspecified atom stereocenters. The van der Waals surface area contributed by atoms with Crippen molar-refractivity contribution >= 4 is 17.6 Å². The van der Waals surface area contributed by atoms with Crippen molar-refractivity contribution < 1.29 is 14.3 Å². The molecule has 5 heteroatoms. The first-order valence-corrected chi connectivity index (χ1v) is 6.29. The summed E-state index contributed by atoms with van der Waals surface area (Å²) in [5, 5.41) is 0. The topological polar surface area (TPSA) is 49.9 Å². The average Bonchev–Trinajstić information content (AvgIpc) is 2.60. The third-order valence-corrected chi connectivity index (χ3v) is 3.31. The molecule has 0 N–H and O–H groups in total. The molecule has 102 valence electrons. The molecule has 1 saturated heterocycles. The van der Waals surface area contributed by atoms with Gasteiger partial charge in [0.2, 0.25) is 5.91 Å². The van der Waals surface area contributed by atoms with Crippen LogP contribution in [0.3, 0.4) is 0 Å². The zero-order valence-electron chi connectivity index (χ0n) is 11.3. The molecule has 0 spiro atoms. The number of hydrogen-bond acceptors (Lipinski definition) is 4. The summed E-state index contributed by atoms with van der Waals surface area (Å²) in [5.74, 6) is -0.263. The van der Waals surface area contributed by atoms with Gasteiger partial charge >= 0.3 is 5.97 Å². The minimum Gasteiger partial charge on any atom is -0.465 e. The Balaban J connectivity index is 2.21. The first kappa shape index (κ1) is 13.4. The van der Waals surface area contributed by atoms with Gasteiger partial charge in [0.25, 0.3) is 0 Å². The molecule has 0 bridgehead atoms. The largest absolute Gasteiger partial charge is 0.465 e. The second-order valence-corrected chi connectivity index (χ2v) is 4.63. The quantitative estimate of drug-likeness (QED) is 0.750. The summed E-state index contributed by atoms with van der Waals surface area (Å²) in [6.45, 7) is 1.92. The number of hydrogen-bond donors (Lipinski definition) is 0.